The number of fused-ring (bicyclic) bond motifs is 1. The van der Waals surface area contributed by atoms with E-state index < -0.39 is 0 Å². The van der Waals surface area contributed by atoms with Crippen molar-refractivity contribution in [2.24, 2.45) is 11.8 Å². The van der Waals surface area contributed by atoms with Gasteiger partial charge in [0.25, 0.3) is 0 Å². The first-order valence-electron chi connectivity index (χ1n) is 10.4. The third-order valence-corrected chi connectivity index (χ3v) is 5.74. The van der Waals surface area contributed by atoms with Gasteiger partial charge in [-0.15, -0.1) is 13.2 Å². The Hall–Kier alpha value is -2.57. The van der Waals surface area contributed by atoms with Gasteiger partial charge in [0.2, 0.25) is 0 Å². The van der Waals surface area contributed by atoms with Gasteiger partial charge in [-0.3, -0.25) is 4.98 Å². The normalized spacial score (nSPS) is 20.9. The van der Waals surface area contributed by atoms with E-state index in [0.29, 0.717) is 5.75 Å². The van der Waals surface area contributed by atoms with Crippen molar-refractivity contribution in [2.45, 2.75) is 25.2 Å². The first-order chi connectivity index (χ1) is 14.6. The summed E-state index contributed by atoms with van der Waals surface area (Å²) in [6.45, 7) is 9.35. The molecule has 2 aliphatic rings. The fourth-order valence-electron chi connectivity index (χ4n) is 4.29. The topological polar surface area (TPSA) is 86.0 Å². The molecular weight excluding hydrogens is 380 g/mol. The molecule has 30 heavy (non-hydrogen) atoms. The number of phenols is 1. The molecule has 164 valence electrons. The maximum atomic E-state index is 9.58. The Labute approximate surface area is 179 Å². The molecule has 4 rings (SSSR count). The lowest BCUT2D eigenvalue weighted by molar-refractivity contribution is 0.211. The van der Waals surface area contributed by atoms with Crippen LogP contribution in [0.25, 0.3) is 0 Å². The Morgan fingerprint density at radius 3 is 2.30 bits per heavy atom. The Bertz CT molecular complexity index is 741. The second kappa shape index (κ2) is 12.2. The molecular formula is C24H34N2O4. The van der Waals surface area contributed by atoms with Crippen molar-refractivity contribution in [3.8, 4) is 17.2 Å². The monoisotopic (exact) mass is 414 g/mol. The molecule has 1 aromatic heterocycles. The number of hydrogen-bond acceptors (Lipinski definition) is 6. The van der Waals surface area contributed by atoms with Crippen molar-refractivity contribution >= 4 is 0 Å². The predicted octanol–water partition coefficient (Wildman–Crippen LogP) is 3.80. The summed E-state index contributed by atoms with van der Waals surface area (Å²) in [5, 5.41) is 27.7. The third-order valence-electron chi connectivity index (χ3n) is 5.74. The maximum Gasteiger partial charge on any atom is 0.133 e. The Kier molecular flexibility index (Phi) is 9.64. The molecule has 2 aromatic rings. The molecule has 1 saturated carbocycles. The molecule has 1 saturated heterocycles. The van der Waals surface area contributed by atoms with Crippen LogP contribution in [0, 0.1) is 11.8 Å². The zero-order valence-electron chi connectivity index (χ0n) is 17.8. The summed E-state index contributed by atoms with van der Waals surface area (Å²) in [5.41, 5.74) is 0.873. The number of rotatable bonds is 5. The number of pyridine rings is 1. The number of nitrogens with zero attached hydrogens (tertiary/aromatic N) is 2. The van der Waals surface area contributed by atoms with Crippen LogP contribution in [0.2, 0.25) is 0 Å². The average molecular weight is 415 g/mol. The Morgan fingerprint density at radius 1 is 1.10 bits per heavy atom. The molecule has 1 aliphatic heterocycles. The van der Waals surface area contributed by atoms with Gasteiger partial charge in [0.15, 0.2) is 0 Å². The number of hydrogen-bond donors (Lipinski definition) is 3. The fourth-order valence-corrected chi connectivity index (χ4v) is 4.29. The summed E-state index contributed by atoms with van der Waals surface area (Å²) >= 11 is 0. The van der Waals surface area contributed by atoms with E-state index in [1.807, 2.05) is 6.07 Å². The van der Waals surface area contributed by atoms with Crippen LogP contribution in [0.4, 0.5) is 0 Å². The molecule has 3 atom stereocenters. The number of benzene rings is 1. The lowest BCUT2D eigenvalue weighted by atomic mass is 10.0. The highest BCUT2D eigenvalue weighted by molar-refractivity contribution is 5.31. The highest BCUT2D eigenvalue weighted by atomic mass is 16.5. The van der Waals surface area contributed by atoms with Gasteiger partial charge in [0.05, 0.1) is 19.9 Å². The second-order valence-electron chi connectivity index (χ2n) is 7.69. The van der Waals surface area contributed by atoms with E-state index in [1.54, 1.807) is 37.4 Å². The number of phenolic OH excluding ortho intramolecular Hbond substituents is 1. The van der Waals surface area contributed by atoms with Crippen LogP contribution >= 0.6 is 0 Å². The number of aromatic nitrogens is 1. The SMILES string of the molecule is C=C.COc1cccc(O)c1.OCC(CN1C[C@H]2CCC[C@H]2C1)c1ccc(O)cn1. The lowest BCUT2D eigenvalue weighted by Gasteiger charge is -2.22. The van der Waals surface area contributed by atoms with Crippen LogP contribution in [0.3, 0.4) is 0 Å². The van der Waals surface area contributed by atoms with E-state index >= 15 is 0 Å². The standard InChI is InChI=1S/C15H22N2O2.C7H8O2.C2H4/c18-10-13(15-5-4-14(19)6-16-15)9-17-7-11-2-1-3-12(11)8-17;1-9-7-4-2-3-6(8)5-7;1-2/h4-6,11-13,18-19H,1-3,7-10H2;2-5,8H,1H3;1-2H2/t11-,12+,13?;;. The summed E-state index contributed by atoms with van der Waals surface area (Å²) in [6.07, 6.45) is 5.60. The van der Waals surface area contributed by atoms with E-state index in [4.69, 9.17) is 9.84 Å². The zero-order chi connectivity index (χ0) is 21.9. The van der Waals surface area contributed by atoms with Crippen LogP contribution in [0.5, 0.6) is 17.2 Å². The molecule has 0 radical (unpaired) electrons. The second-order valence-corrected chi connectivity index (χ2v) is 7.69. The average Bonchev–Trinajstić information content (AvgIpc) is 3.36. The molecule has 0 bridgehead atoms. The van der Waals surface area contributed by atoms with E-state index in [2.05, 4.69) is 23.0 Å². The summed E-state index contributed by atoms with van der Waals surface area (Å²) < 4.78 is 4.84. The molecule has 0 amide bonds. The smallest absolute Gasteiger partial charge is 0.133 e. The van der Waals surface area contributed by atoms with Crippen molar-refractivity contribution < 1.29 is 20.1 Å². The lowest BCUT2D eigenvalue weighted by Crippen LogP contribution is -2.29. The van der Waals surface area contributed by atoms with Gasteiger partial charge in [0, 0.05) is 37.3 Å². The van der Waals surface area contributed by atoms with Crippen LogP contribution < -0.4 is 4.74 Å². The van der Waals surface area contributed by atoms with Crippen molar-refractivity contribution in [3.63, 3.8) is 0 Å². The summed E-state index contributed by atoms with van der Waals surface area (Å²) in [6, 6.07) is 10.1. The first-order valence-corrected chi connectivity index (χ1v) is 10.4. The van der Waals surface area contributed by atoms with Gasteiger partial charge in [0.1, 0.15) is 17.2 Å². The van der Waals surface area contributed by atoms with Crippen LogP contribution in [0.1, 0.15) is 30.9 Å². The highest BCUT2D eigenvalue weighted by Gasteiger charge is 2.36. The number of ether oxygens (including phenoxy) is 1. The highest BCUT2D eigenvalue weighted by Crippen LogP contribution is 2.38. The van der Waals surface area contributed by atoms with E-state index in [-0.39, 0.29) is 24.0 Å². The molecule has 2 fully saturated rings. The van der Waals surface area contributed by atoms with Crippen LogP contribution in [-0.4, -0.2) is 58.6 Å². The van der Waals surface area contributed by atoms with Crippen molar-refractivity contribution in [1.29, 1.82) is 0 Å². The minimum atomic E-state index is 0.0550. The quantitative estimate of drug-likeness (QED) is 0.645. The van der Waals surface area contributed by atoms with Gasteiger partial charge < -0.3 is 25.0 Å². The summed E-state index contributed by atoms with van der Waals surface area (Å²) in [5.74, 6) is 2.90. The van der Waals surface area contributed by atoms with E-state index in [9.17, 15) is 10.2 Å². The van der Waals surface area contributed by atoms with Crippen molar-refractivity contribution in [3.05, 3.63) is 61.4 Å². The summed E-state index contributed by atoms with van der Waals surface area (Å²) in [4.78, 5) is 6.70. The predicted molar refractivity (Wildman–Crippen MR) is 119 cm³/mol. The molecule has 6 nitrogen and oxygen atoms in total. The minimum absolute atomic E-state index is 0.0550. The fraction of sp³-hybridized carbons (Fsp3) is 0.458. The van der Waals surface area contributed by atoms with E-state index in [1.165, 1.54) is 38.5 Å². The Balaban J connectivity index is 0.000000245. The van der Waals surface area contributed by atoms with Crippen LogP contribution in [0.15, 0.2) is 55.8 Å². The number of aromatic hydroxyl groups is 2. The molecule has 1 aromatic carbocycles. The van der Waals surface area contributed by atoms with Gasteiger partial charge in [-0.1, -0.05) is 12.5 Å². The Morgan fingerprint density at radius 2 is 1.80 bits per heavy atom. The molecule has 2 heterocycles. The van der Waals surface area contributed by atoms with Gasteiger partial charge in [-0.2, -0.15) is 0 Å². The van der Waals surface area contributed by atoms with Crippen LogP contribution in [-0.2, 0) is 0 Å². The van der Waals surface area contributed by atoms with Crippen molar-refractivity contribution in [1.82, 2.24) is 9.88 Å². The van der Waals surface area contributed by atoms with Gasteiger partial charge in [-0.25, -0.2) is 0 Å². The molecule has 3 N–H and O–H groups in total. The molecule has 1 aliphatic carbocycles. The van der Waals surface area contributed by atoms with Gasteiger partial charge >= 0.3 is 0 Å². The van der Waals surface area contributed by atoms with E-state index in [0.717, 1.165) is 24.1 Å². The molecule has 1 unspecified atom stereocenters. The summed E-state index contributed by atoms with van der Waals surface area (Å²) in [7, 11) is 1.56. The third kappa shape index (κ3) is 6.75. The number of aliphatic hydroxyl groups is 1. The molecule has 6 heteroatoms. The van der Waals surface area contributed by atoms with Crippen molar-refractivity contribution in [2.75, 3.05) is 33.4 Å². The number of aliphatic hydroxyl groups excluding tert-OH is 1. The zero-order valence-corrected chi connectivity index (χ0v) is 17.8. The maximum absolute atomic E-state index is 9.58. The number of likely N-dealkylation sites (tertiary alicyclic amines) is 1. The minimum Gasteiger partial charge on any atom is -0.508 e. The number of methoxy groups -OCH3 is 1. The largest absolute Gasteiger partial charge is 0.508 e. The first kappa shape index (κ1) is 23.7. The molecule has 0 spiro atoms. The van der Waals surface area contributed by atoms with Gasteiger partial charge in [-0.05, 0) is 48.9 Å².